The van der Waals surface area contributed by atoms with Crippen LogP contribution in [0, 0.1) is 0 Å². The number of nitrogens with one attached hydrogen (secondary N) is 3. The minimum Gasteiger partial charge on any atom is -0.497 e. The molecule has 4 aromatic carbocycles. The van der Waals surface area contributed by atoms with E-state index in [9.17, 15) is 9.59 Å². The summed E-state index contributed by atoms with van der Waals surface area (Å²) >= 11 is 2.83. The summed E-state index contributed by atoms with van der Waals surface area (Å²) < 4.78 is 6.23. The lowest BCUT2D eigenvalue weighted by Crippen LogP contribution is -2.19. The minimum atomic E-state index is -0.502. The van der Waals surface area contributed by atoms with E-state index in [0.29, 0.717) is 16.5 Å². The molecule has 5 rings (SSSR count). The molecule has 0 aliphatic heterocycles. The van der Waals surface area contributed by atoms with Crippen molar-refractivity contribution in [3.63, 3.8) is 0 Å². The summed E-state index contributed by atoms with van der Waals surface area (Å²) in [5.74, 6) is 0.573. The van der Waals surface area contributed by atoms with Crippen molar-refractivity contribution in [1.29, 1.82) is 0 Å². The maximum atomic E-state index is 13.4. The largest absolute Gasteiger partial charge is 0.497 e. The van der Waals surface area contributed by atoms with Crippen LogP contribution in [-0.4, -0.2) is 24.0 Å². The second-order valence-electron chi connectivity index (χ2n) is 8.22. The maximum absolute atomic E-state index is 13.4. The molecule has 3 N–H and O–H groups in total. The zero-order valence-electron chi connectivity index (χ0n) is 20.4. The summed E-state index contributed by atoms with van der Waals surface area (Å²) in [6.07, 6.45) is 0. The van der Waals surface area contributed by atoms with Crippen LogP contribution in [0.5, 0.6) is 5.75 Å². The number of fused-ring (bicyclic) bond motifs is 1. The van der Waals surface area contributed by atoms with Gasteiger partial charge in [0.15, 0.2) is 5.13 Å². The molecule has 3 amide bonds. The number of amides is 3. The number of rotatable bonds is 8. The van der Waals surface area contributed by atoms with E-state index in [0.717, 1.165) is 26.4 Å². The van der Waals surface area contributed by atoms with Gasteiger partial charge < -0.3 is 20.7 Å². The highest BCUT2D eigenvalue weighted by molar-refractivity contribution is 8.00. The average molecular weight is 541 g/mol. The molecule has 0 saturated heterocycles. The predicted octanol–water partition coefficient (Wildman–Crippen LogP) is 7.42. The van der Waals surface area contributed by atoms with E-state index in [2.05, 4.69) is 20.9 Å². The predicted molar refractivity (Wildman–Crippen MR) is 155 cm³/mol. The Balaban J connectivity index is 1.29. The van der Waals surface area contributed by atoms with Gasteiger partial charge >= 0.3 is 6.03 Å². The maximum Gasteiger partial charge on any atom is 0.323 e. The van der Waals surface area contributed by atoms with Crippen molar-refractivity contribution >= 4 is 61.8 Å². The molecule has 190 valence electrons. The van der Waals surface area contributed by atoms with Gasteiger partial charge in [-0.3, -0.25) is 4.79 Å². The topological polar surface area (TPSA) is 92.3 Å². The third-order valence-corrected chi connectivity index (χ3v) is 7.76. The van der Waals surface area contributed by atoms with Crippen LogP contribution in [0.15, 0.2) is 108 Å². The number of thiazole rings is 1. The van der Waals surface area contributed by atoms with Crippen LogP contribution in [0.4, 0.5) is 21.3 Å². The van der Waals surface area contributed by atoms with Gasteiger partial charge in [-0.25, -0.2) is 9.78 Å². The zero-order valence-corrected chi connectivity index (χ0v) is 22.0. The molecule has 5 aromatic rings. The molecule has 1 heterocycles. The summed E-state index contributed by atoms with van der Waals surface area (Å²) in [5.41, 5.74) is 3.03. The van der Waals surface area contributed by atoms with Gasteiger partial charge in [-0.1, -0.05) is 59.9 Å². The first-order valence-corrected chi connectivity index (χ1v) is 13.5. The van der Waals surface area contributed by atoms with Crippen molar-refractivity contribution in [2.45, 2.75) is 10.1 Å². The number of benzene rings is 4. The number of anilines is 3. The fourth-order valence-electron chi connectivity index (χ4n) is 3.72. The molecular formula is C29H24N4O3S2. The number of urea groups is 1. The third kappa shape index (κ3) is 6.31. The number of para-hydroxylation sites is 1. The smallest absolute Gasteiger partial charge is 0.323 e. The first-order valence-electron chi connectivity index (χ1n) is 11.8. The number of hydrogen-bond acceptors (Lipinski definition) is 6. The molecule has 7 nitrogen and oxygen atoms in total. The van der Waals surface area contributed by atoms with E-state index in [1.165, 1.54) is 23.1 Å². The lowest BCUT2D eigenvalue weighted by atomic mass is 10.1. The number of ether oxygens (including phenoxy) is 1. The number of nitrogens with zero attached hydrogens (tertiary/aromatic N) is 1. The van der Waals surface area contributed by atoms with E-state index in [-0.39, 0.29) is 11.9 Å². The molecule has 1 atom stereocenters. The van der Waals surface area contributed by atoms with Gasteiger partial charge in [0.25, 0.3) is 0 Å². The number of hydrogen-bond donors (Lipinski definition) is 3. The highest BCUT2D eigenvalue weighted by atomic mass is 32.2. The first-order chi connectivity index (χ1) is 18.6. The van der Waals surface area contributed by atoms with Gasteiger partial charge in [-0.05, 0) is 60.2 Å². The zero-order chi connectivity index (χ0) is 26.3. The molecule has 0 aliphatic rings. The number of carbonyl (C=O) groups is 2. The van der Waals surface area contributed by atoms with Crippen molar-refractivity contribution < 1.29 is 14.3 Å². The van der Waals surface area contributed by atoms with Crippen molar-refractivity contribution in [2.75, 3.05) is 23.1 Å². The van der Waals surface area contributed by atoms with Gasteiger partial charge in [0.2, 0.25) is 5.91 Å². The van der Waals surface area contributed by atoms with Gasteiger partial charge in [0.1, 0.15) is 11.0 Å². The lowest BCUT2D eigenvalue weighted by Gasteiger charge is -2.16. The molecular weight excluding hydrogens is 516 g/mol. The van der Waals surface area contributed by atoms with Crippen LogP contribution < -0.4 is 20.7 Å². The number of carbonyl (C=O) groups excluding carboxylic acids is 2. The second kappa shape index (κ2) is 11.8. The van der Waals surface area contributed by atoms with Crippen molar-refractivity contribution in [3.05, 3.63) is 109 Å². The Morgan fingerprint density at radius 1 is 0.816 bits per heavy atom. The first kappa shape index (κ1) is 25.3. The van der Waals surface area contributed by atoms with Crippen molar-refractivity contribution in [2.24, 2.45) is 0 Å². The van der Waals surface area contributed by atoms with Crippen LogP contribution >= 0.6 is 23.1 Å². The lowest BCUT2D eigenvalue weighted by molar-refractivity contribution is -0.115. The summed E-state index contributed by atoms with van der Waals surface area (Å²) in [6.45, 7) is 0. The van der Waals surface area contributed by atoms with Crippen LogP contribution in [0.3, 0.4) is 0 Å². The van der Waals surface area contributed by atoms with Gasteiger partial charge in [-0.15, -0.1) is 11.8 Å². The Hall–Kier alpha value is -4.34. The molecule has 0 radical (unpaired) electrons. The van der Waals surface area contributed by atoms with Gasteiger partial charge in [0, 0.05) is 16.3 Å². The average Bonchev–Trinajstić information content (AvgIpc) is 3.34. The van der Waals surface area contributed by atoms with Gasteiger partial charge in [-0.2, -0.15) is 0 Å². The fourth-order valence-corrected chi connectivity index (χ4v) is 5.65. The van der Waals surface area contributed by atoms with Crippen LogP contribution in [-0.2, 0) is 4.79 Å². The SMILES string of the molecule is COc1ccc2nc(NC(=O)C(Sc3ccc(NC(=O)Nc4ccccc4)cc3)c3ccccc3)sc2c1. The van der Waals surface area contributed by atoms with Crippen LogP contribution in [0.2, 0.25) is 0 Å². The number of thioether (sulfide) groups is 1. The van der Waals surface area contributed by atoms with E-state index in [4.69, 9.17) is 4.74 Å². The Morgan fingerprint density at radius 2 is 1.47 bits per heavy atom. The van der Waals surface area contributed by atoms with Crippen LogP contribution in [0.1, 0.15) is 10.8 Å². The summed E-state index contributed by atoms with van der Waals surface area (Å²) in [7, 11) is 1.62. The van der Waals surface area contributed by atoms with Crippen molar-refractivity contribution in [1.82, 2.24) is 4.98 Å². The molecule has 1 aromatic heterocycles. The van der Waals surface area contributed by atoms with E-state index in [1.54, 1.807) is 7.11 Å². The Bertz CT molecular complexity index is 1540. The molecule has 0 spiro atoms. The van der Waals surface area contributed by atoms with Crippen molar-refractivity contribution in [3.8, 4) is 5.75 Å². The minimum absolute atomic E-state index is 0.170. The second-order valence-corrected chi connectivity index (χ2v) is 10.4. The molecule has 9 heteroatoms. The number of aromatic nitrogens is 1. The normalized spacial score (nSPS) is 11.5. The molecule has 0 aliphatic carbocycles. The Morgan fingerprint density at radius 3 is 2.16 bits per heavy atom. The summed E-state index contributed by atoms with van der Waals surface area (Å²) in [6, 6.07) is 31.6. The molecule has 0 fully saturated rings. The molecule has 0 saturated carbocycles. The van der Waals surface area contributed by atoms with E-state index in [1.807, 2.05) is 103 Å². The molecule has 1 unspecified atom stereocenters. The van der Waals surface area contributed by atoms with E-state index >= 15 is 0 Å². The fraction of sp³-hybridized carbons (Fsp3) is 0.0690. The quantitative estimate of drug-likeness (QED) is 0.178. The summed E-state index contributed by atoms with van der Waals surface area (Å²) in [5, 5.41) is 8.64. The standard InChI is InChI=1S/C29H24N4O3S2/c1-36-22-14-17-24-25(18-22)38-29(32-24)33-27(34)26(19-8-4-2-5-9-19)37-23-15-12-21(13-16-23)31-28(35)30-20-10-6-3-7-11-20/h2-18,26H,1H3,(H2,30,31,35)(H,32,33,34). The highest BCUT2D eigenvalue weighted by Crippen LogP contribution is 2.37. The third-order valence-electron chi connectivity index (χ3n) is 5.56. The van der Waals surface area contributed by atoms with Gasteiger partial charge in [0.05, 0.1) is 17.3 Å². The highest BCUT2D eigenvalue weighted by Gasteiger charge is 2.23. The Kier molecular flexibility index (Phi) is 7.86. The molecule has 0 bridgehead atoms. The van der Waals surface area contributed by atoms with Crippen LogP contribution in [0.25, 0.3) is 10.2 Å². The monoisotopic (exact) mass is 540 g/mol. The van der Waals surface area contributed by atoms with E-state index < -0.39 is 5.25 Å². The summed E-state index contributed by atoms with van der Waals surface area (Å²) in [4.78, 5) is 31.2. The number of methoxy groups -OCH3 is 1. The molecule has 38 heavy (non-hydrogen) atoms. The Labute approximate surface area is 228 Å².